The van der Waals surface area contributed by atoms with Crippen LogP contribution in [0.1, 0.15) is 20.3 Å². The molecule has 0 aromatic heterocycles. The summed E-state index contributed by atoms with van der Waals surface area (Å²) in [5.41, 5.74) is 0. The van der Waals surface area contributed by atoms with E-state index in [-0.39, 0.29) is 12.1 Å². The van der Waals surface area contributed by atoms with Gasteiger partial charge >= 0.3 is 109 Å². The van der Waals surface area contributed by atoms with E-state index in [0.29, 0.717) is 33.2 Å². The molecule has 0 saturated carbocycles. The van der Waals surface area contributed by atoms with E-state index in [1.807, 2.05) is 13.0 Å². The molecule has 0 aliphatic carbocycles. The summed E-state index contributed by atoms with van der Waals surface area (Å²) in [6.07, 6.45) is 0.674. The first-order valence-electron chi connectivity index (χ1n) is 6.04. The van der Waals surface area contributed by atoms with Crippen molar-refractivity contribution in [3.8, 4) is 0 Å². The molecule has 1 aliphatic heterocycles. The van der Waals surface area contributed by atoms with Crippen molar-refractivity contribution < 1.29 is 9.53 Å². The molecule has 3 heteroatoms. The molecular formula is C14H18O2Se. The van der Waals surface area contributed by atoms with Gasteiger partial charge in [0.05, 0.1) is 0 Å². The van der Waals surface area contributed by atoms with Crippen molar-refractivity contribution in [3.05, 3.63) is 30.3 Å². The van der Waals surface area contributed by atoms with Gasteiger partial charge in [0.2, 0.25) is 0 Å². The van der Waals surface area contributed by atoms with Crippen molar-refractivity contribution >= 4 is 25.4 Å². The zero-order chi connectivity index (χ0) is 12.3. The number of ether oxygens (including phenoxy) is 1. The van der Waals surface area contributed by atoms with Crippen LogP contribution in [0.2, 0.25) is 5.32 Å². The Kier molecular flexibility index (Phi) is 4.25. The van der Waals surface area contributed by atoms with Gasteiger partial charge in [-0.2, -0.15) is 0 Å². The van der Waals surface area contributed by atoms with Gasteiger partial charge in [0, 0.05) is 0 Å². The van der Waals surface area contributed by atoms with Gasteiger partial charge in [-0.1, -0.05) is 0 Å². The average Bonchev–Trinajstić information content (AvgIpc) is 2.33. The second-order valence-electron chi connectivity index (χ2n) is 4.64. The molecule has 1 unspecified atom stereocenters. The van der Waals surface area contributed by atoms with Crippen molar-refractivity contribution in [2.45, 2.75) is 31.7 Å². The van der Waals surface area contributed by atoms with E-state index >= 15 is 0 Å². The molecule has 1 fully saturated rings. The van der Waals surface area contributed by atoms with Gasteiger partial charge in [-0.05, 0) is 0 Å². The summed E-state index contributed by atoms with van der Waals surface area (Å²) in [6, 6.07) is 10.6. The van der Waals surface area contributed by atoms with Crippen molar-refractivity contribution in [1.29, 1.82) is 0 Å². The fourth-order valence-electron chi connectivity index (χ4n) is 2.08. The number of benzene rings is 1. The summed E-state index contributed by atoms with van der Waals surface area (Å²) < 4.78 is 6.66. The Bertz CT molecular complexity index is 377. The minimum atomic E-state index is -0.0236. The third kappa shape index (κ3) is 3.33. The SMILES string of the molecule is C[C@@H]1C(C[Se]c2ccccc2)CC(=O)O[C@@H]1C. The number of esters is 1. The number of hydrogen-bond acceptors (Lipinski definition) is 2. The van der Waals surface area contributed by atoms with Gasteiger partial charge in [-0.3, -0.25) is 0 Å². The molecule has 3 atom stereocenters. The maximum atomic E-state index is 11.4. The molecule has 1 aromatic rings. The van der Waals surface area contributed by atoms with Crippen LogP contribution >= 0.6 is 0 Å². The van der Waals surface area contributed by atoms with Gasteiger partial charge in [0.1, 0.15) is 0 Å². The molecule has 1 aromatic carbocycles. The van der Waals surface area contributed by atoms with Crippen LogP contribution in [0, 0.1) is 11.8 Å². The van der Waals surface area contributed by atoms with E-state index in [1.165, 1.54) is 4.46 Å². The first-order chi connectivity index (χ1) is 8.16. The molecule has 0 N–H and O–H groups in total. The van der Waals surface area contributed by atoms with E-state index in [9.17, 15) is 4.79 Å². The van der Waals surface area contributed by atoms with Crippen LogP contribution in [0.15, 0.2) is 30.3 Å². The predicted molar refractivity (Wildman–Crippen MR) is 69.5 cm³/mol. The van der Waals surface area contributed by atoms with Crippen molar-refractivity contribution in [3.63, 3.8) is 0 Å². The molecular weight excluding hydrogens is 279 g/mol. The summed E-state index contributed by atoms with van der Waals surface area (Å²) in [4.78, 5) is 11.4. The molecule has 2 rings (SSSR count). The minimum absolute atomic E-state index is 0.0236. The molecule has 0 amide bonds. The first-order valence-corrected chi connectivity index (χ1v) is 8.11. The van der Waals surface area contributed by atoms with Crippen LogP contribution in [0.5, 0.6) is 0 Å². The van der Waals surface area contributed by atoms with Crippen LogP contribution in [0.25, 0.3) is 0 Å². The summed E-state index contributed by atoms with van der Waals surface area (Å²) in [6.45, 7) is 4.20. The van der Waals surface area contributed by atoms with Crippen molar-refractivity contribution in [2.24, 2.45) is 11.8 Å². The Labute approximate surface area is 109 Å². The second-order valence-corrected chi connectivity index (χ2v) is 6.94. The Balaban J connectivity index is 1.92. The Hall–Kier alpha value is -0.791. The number of hydrogen-bond donors (Lipinski definition) is 0. The number of carbonyl (C=O) groups excluding carboxylic acids is 1. The normalized spacial score (nSPS) is 28.8. The van der Waals surface area contributed by atoms with Crippen LogP contribution in [-0.2, 0) is 9.53 Å². The van der Waals surface area contributed by atoms with Gasteiger partial charge in [-0.25, -0.2) is 0 Å². The topological polar surface area (TPSA) is 26.3 Å². The van der Waals surface area contributed by atoms with Crippen LogP contribution < -0.4 is 4.46 Å². The molecule has 17 heavy (non-hydrogen) atoms. The van der Waals surface area contributed by atoms with Gasteiger partial charge in [0.15, 0.2) is 0 Å². The maximum absolute atomic E-state index is 11.4. The number of rotatable bonds is 3. The third-order valence-corrected chi connectivity index (χ3v) is 5.96. The fraction of sp³-hybridized carbons (Fsp3) is 0.500. The zero-order valence-electron chi connectivity index (χ0n) is 10.3. The number of carbonyl (C=O) groups is 1. The molecule has 1 heterocycles. The Morgan fingerprint density at radius 1 is 1.29 bits per heavy atom. The molecule has 92 valence electrons. The van der Waals surface area contributed by atoms with Gasteiger partial charge in [-0.15, -0.1) is 0 Å². The van der Waals surface area contributed by atoms with Crippen LogP contribution in [0.3, 0.4) is 0 Å². The monoisotopic (exact) mass is 298 g/mol. The van der Waals surface area contributed by atoms with Crippen molar-refractivity contribution in [2.75, 3.05) is 0 Å². The van der Waals surface area contributed by atoms with E-state index in [4.69, 9.17) is 4.74 Å². The van der Waals surface area contributed by atoms with Crippen LogP contribution in [-0.4, -0.2) is 27.0 Å². The molecule has 1 aliphatic rings. The molecule has 2 nitrogen and oxygen atoms in total. The van der Waals surface area contributed by atoms with Crippen LogP contribution in [0.4, 0.5) is 0 Å². The molecule has 1 saturated heterocycles. The van der Waals surface area contributed by atoms with Gasteiger partial charge < -0.3 is 0 Å². The van der Waals surface area contributed by atoms with E-state index < -0.39 is 0 Å². The Morgan fingerprint density at radius 3 is 2.71 bits per heavy atom. The quantitative estimate of drug-likeness (QED) is 0.630. The summed E-state index contributed by atoms with van der Waals surface area (Å²) in [7, 11) is 0. The predicted octanol–water partition coefficient (Wildman–Crippen LogP) is 2.02. The van der Waals surface area contributed by atoms with Gasteiger partial charge in [0.25, 0.3) is 0 Å². The van der Waals surface area contributed by atoms with Crippen molar-refractivity contribution in [1.82, 2.24) is 0 Å². The van der Waals surface area contributed by atoms with E-state index in [2.05, 4.69) is 31.2 Å². The summed E-state index contributed by atoms with van der Waals surface area (Å²) in [5.74, 6) is 0.953. The van der Waals surface area contributed by atoms with E-state index in [1.54, 1.807) is 0 Å². The molecule has 0 radical (unpaired) electrons. The summed E-state index contributed by atoms with van der Waals surface area (Å²) >= 11 is 0.470. The molecule has 0 bridgehead atoms. The zero-order valence-corrected chi connectivity index (χ0v) is 12.0. The number of cyclic esters (lactones) is 1. The summed E-state index contributed by atoms with van der Waals surface area (Å²) in [5, 5.41) is 1.14. The Morgan fingerprint density at radius 2 is 2.00 bits per heavy atom. The average molecular weight is 297 g/mol. The fourth-order valence-corrected chi connectivity index (χ4v) is 4.55. The van der Waals surface area contributed by atoms with E-state index in [0.717, 1.165) is 5.32 Å². The second kappa shape index (κ2) is 5.70. The first kappa shape index (κ1) is 12.7. The third-order valence-electron chi connectivity index (χ3n) is 3.44. The molecule has 0 spiro atoms. The standard InChI is InChI=1S/C14H18O2Se/c1-10-11(2)16-14(15)8-12(10)9-17-13-6-4-3-5-7-13/h3-7,10-12H,8-9H2,1-2H3/t10-,11+,12?/m0/s1.